The SMILES string of the molecule is Cc1cc(NC(=O)COC(=O)CN2C(=O)[C@H]3C[C@H](Br)[C@@H](Br)C[C@H]3C2=O)ccc1Br. The molecule has 0 bridgehead atoms. The normalized spacial score (nSPS) is 26.3. The molecule has 1 aliphatic carbocycles. The lowest BCUT2D eigenvalue weighted by Gasteiger charge is -2.29. The van der Waals surface area contributed by atoms with Crippen LogP contribution in [0.5, 0.6) is 0 Å². The van der Waals surface area contributed by atoms with Crippen LogP contribution in [0.3, 0.4) is 0 Å². The van der Waals surface area contributed by atoms with E-state index in [-0.39, 0.29) is 21.5 Å². The number of ether oxygens (including phenoxy) is 1. The Hall–Kier alpha value is -1.26. The molecule has 1 aromatic rings. The molecule has 2 fully saturated rings. The highest BCUT2D eigenvalue weighted by molar-refractivity contribution is 9.12. The number of aryl methyl sites for hydroxylation is 1. The summed E-state index contributed by atoms with van der Waals surface area (Å²) in [7, 11) is 0. The first-order valence-corrected chi connectivity index (χ1v) is 11.6. The van der Waals surface area contributed by atoms with E-state index in [9.17, 15) is 19.2 Å². The molecule has 1 N–H and O–H groups in total. The standard InChI is InChI=1S/C19H19Br3N2O5/c1-9-4-10(2-3-13(9)20)23-16(25)8-29-17(26)7-24-18(27)11-5-14(21)15(22)6-12(11)19(24)28/h2-4,11-12,14-15H,5-8H2,1H3,(H,23,25)/t11-,12+,14-,15-/m0/s1. The molecule has 0 radical (unpaired) electrons. The summed E-state index contributed by atoms with van der Waals surface area (Å²) < 4.78 is 5.88. The predicted octanol–water partition coefficient (Wildman–Crippen LogP) is 3.16. The minimum Gasteiger partial charge on any atom is -0.454 e. The molecule has 1 saturated heterocycles. The van der Waals surface area contributed by atoms with E-state index in [0.29, 0.717) is 18.5 Å². The number of carbonyl (C=O) groups is 4. The van der Waals surface area contributed by atoms with Gasteiger partial charge in [0, 0.05) is 19.8 Å². The van der Waals surface area contributed by atoms with E-state index in [1.807, 2.05) is 6.92 Å². The molecule has 7 nitrogen and oxygen atoms in total. The minimum absolute atomic E-state index is 0.0957. The van der Waals surface area contributed by atoms with Crippen LogP contribution in [0.1, 0.15) is 18.4 Å². The number of nitrogens with zero attached hydrogens (tertiary/aromatic N) is 1. The number of alkyl halides is 2. The number of hydrogen-bond acceptors (Lipinski definition) is 5. The van der Waals surface area contributed by atoms with Crippen molar-refractivity contribution in [2.24, 2.45) is 11.8 Å². The molecule has 2 aliphatic rings. The van der Waals surface area contributed by atoms with E-state index in [1.165, 1.54) is 0 Å². The zero-order chi connectivity index (χ0) is 21.3. The zero-order valence-corrected chi connectivity index (χ0v) is 20.3. The lowest BCUT2D eigenvalue weighted by Crippen LogP contribution is -2.37. The average Bonchev–Trinajstić information content (AvgIpc) is 2.88. The quantitative estimate of drug-likeness (QED) is 0.321. The second-order valence-electron chi connectivity index (χ2n) is 7.15. The Kier molecular flexibility index (Phi) is 7.16. The van der Waals surface area contributed by atoms with Crippen molar-refractivity contribution in [2.75, 3.05) is 18.5 Å². The highest BCUT2D eigenvalue weighted by Gasteiger charge is 2.52. The van der Waals surface area contributed by atoms with Crippen LogP contribution >= 0.6 is 47.8 Å². The first-order chi connectivity index (χ1) is 13.7. The second kappa shape index (κ2) is 9.26. The third-order valence-electron chi connectivity index (χ3n) is 5.10. The highest BCUT2D eigenvalue weighted by Crippen LogP contribution is 2.43. The fourth-order valence-corrected chi connectivity index (χ4v) is 5.04. The van der Waals surface area contributed by atoms with Crippen LogP contribution in [0.25, 0.3) is 0 Å². The summed E-state index contributed by atoms with van der Waals surface area (Å²) >= 11 is 10.4. The summed E-state index contributed by atoms with van der Waals surface area (Å²) in [5.74, 6) is -2.84. The molecular formula is C19H19Br3N2O5. The summed E-state index contributed by atoms with van der Waals surface area (Å²) in [6.45, 7) is 0.913. The van der Waals surface area contributed by atoms with Gasteiger partial charge in [-0.3, -0.25) is 24.1 Å². The summed E-state index contributed by atoms with van der Waals surface area (Å²) in [5.41, 5.74) is 1.53. The number of likely N-dealkylation sites (tertiary alicyclic amines) is 1. The number of fused-ring (bicyclic) bond motifs is 1. The van der Waals surface area contributed by atoms with Crippen molar-refractivity contribution in [1.29, 1.82) is 0 Å². The molecule has 1 aliphatic heterocycles. The Morgan fingerprint density at radius 3 is 2.28 bits per heavy atom. The van der Waals surface area contributed by atoms with Crippen molar-refractivity contribution in [1.82, 2.24) is 4.90 Å². The van der Waals surface area contributed by atoms with Crippen molar-refractivity contribution in [2.45, 2.75) is 29.4 Å². The molecule has 3 amide bonds. The number of benzene rings is 1. The zero-order valence-electron chi connectivity index (χ0n) is 15.5. The molecule has 3 rings (SSSR count). The smallest absolute Gasteiger partial charge is 0.326 e. The maximum Gasteiger partial charge on any atom is 0.326 e. The predicted molar refractivity (Wildman–Crippen MR) is 117 cm³/mol. The fourth-order valence-electron chi connectivity index (χ4n) is 3.56. The minimum atomic E-state index is -0.793. The Morgan fingerprint density at radius 2 is 1.72 bits per heavy atom. The largest absolute Gasteiger partial charge is 0.454 e. The summed E-state index contributed by atoms with van der Waals surface area (Å²) in [4.78, 5) is 50.4. The maximum absolute atomic E-state index is 12.6. The average molecular weight is 595 g/mol. The number of carbonyl (C=O) groups excluding carboxylic acids is 4. The Labute approximate surface area is 193 Å². The van der Waals surface area contributed by atoms with E-state index in [4.69, 9.17) is 4.74 Å². The van der Waals surface area contributed by atoms with Gasteiger partial charge in [0.15, 0.2) is 6.61 Å². The number of halogens is 3. The lowest BCUT2D eigenvalue weighted by atomic mass is 9.81. The van der Waals surface area contributed by atoms with Crippen molar-refractivity contribution >= 4 is 77.2 Å². The molecule has 0 aromatic heterocycles. The van der Waals surface area contributed by atoms with Crippen LogP contribution in [0.4, 0.5) is 5.69 Å². The first kappa shape index (κ1) is 22.4. The second-order valence-corrected chi connectivity index (χ2v) is 10.4. The molecule has 29 heavy (non-hydrogen) atoms. The summed E-state index contributed by atoms with van der Waals surface area (Å²) in [5, 5.41) is 2.63. The highest BCUT2D eigenvalue weighted by atomic mass is 79.9. The van der Waals surface area contributed by atoms with Gasteiger partial charge in [0.2, 0.25) is 11.8 Å². The number of amides is 3. The van der Waals surface area contributed by atoms with Gasteiger partial charge in [-0.1, -0.05) is 47.8 Å². The van der Waals surface area contributed by atoms with Crippen LogP contribution < -0.4 is 5.32 Å². The third kappa shape index (κ3) is 5.08. The first-order valence-electron chi connectivity index (χ1n) is 9.02. The topological polar surface area (TPSA) is 92.8 Å². The van der Waals surface area contributed by atoms with Gasteiger partial charge in [0.05, 0.1) is 11.8 Å². The van der Waals surface area contributed by atoms with E-state index >= 15 is 0 Å². The molecule has 0 unspecified atom stereocenters. The molecule has 1 saturated carbocycles. The summed E-state index contributed by atoms with van der Waals surface area (Å²) in [6, 6.07) is 5.30. The van der Waals surface area contributed by atoms with Gasteiger partial charge in [-0.2, -0.15) is 0 Å². The number of esters is 1. The van der Waals surface area contributed by atoms with Gasteiger partial charge < -0.3 is 10.1 Å². The molecule has 156 valence electrons. The number of hydrogen-bond donors (Lipinski definition) is 1. The number of anilines is 1. The van der Waals surface area contributed by atoms with Crippen LogP contribution in [-0.2, 0) is 23.9 Å². The van der Waals surface area contributed by atoms with Gasteiger partial charge in [0.25, 0.3) is 5.91 Å². The van der Waals surface area contributed by atoms with Crippen molar-refractivity contribution in [3.8, 4) is 0 Å². The molecule has 0 spiro atoms. The summed E-state index contributed by atoms with van der Waals surface area (Å²) in [6.07, 6.45) is 1.07. The number of imide groups is 1. The van der Waals surface area contributed by atoms with Gasteiger partial charge in [-0.05, 0) is 43.5 Å². The van der Waals surface area contributed by atoms with Crippen LogP contribution in [0, 0.1) is 18.8 Å². The number of rotatable bonds is 5. The van der Waals surface area contributed by atoms with Gasteiger partial charge in [-0.15, -0.1) is 0 Å². The van der Waals surface area contributed by atoms with Crippen LogP contribution in [0.15, 0.2) is 22.7 Å². The van der Waals surface area contributed by atoms with Gasteiger partial charge in [0.1, 0.15) is 6.54 Å². The molecule has 10 heteroatoms. The monoisotopic (exact) mass is 592 g/mol. The molecule has 1 heterocycles. The van der Waals surface area contributed by atoms with E-state index in [1.54, 1.807) is 18.2 Å². The van der Waals surface area contributed by atoms with E-state index in [0.717, 1.165) is 14.9 Å². The fraction of sp³-hybridized carbons (Fsp3) is 0.474. The maximum atomic E-state index is 12.6. The van der Waals surface area contributed by atoms with Gasteiger partial charge >= 0.3 is 5.97 Å². The molecule has 4 atom stereocenters. The Bertz CT molecular complexity index is 834. The Balaban J connectivity index is 1.51. The van der Waals surface area contributed by atoms with E-state index < -0.39 is 36.9 Å². The van der Waals surface area contributed by atoms with Crippen LogP contribution in [0.2, 0.25) is 0 Å². The van der Waals surface area contributed by atoms with Crippen molar-refractivity contribution < 1.29 is 23.9 Å². The van der Waals surface area contributed by atoms with E-state index in [2.05, 4.69) is 53.1 Å². The molecular weight excluding hydrogens is 576 g/mol. The third-order valence-corrected chi connectivity index (χ3v) is 8.72. The molecule has 1 aromatic carbocycles. The van der Waals surface area contributed by atoms with Crippen molar-refractivity contribution in [3.05, 3.63) is 28.2 Å². The van der Waals surface area contributed by atoms with Crippen molar-refractivity contribution in [3.63, 3.8) is 0 Å². The Morgan fingerprint density at radius 1 is 1.14 bits per heavy atom. The lowest BCUT2D eigenvalue weighted by molar-refractivity contribution is -0.154. The van der Waals surface area contributed by atoms with Gasteiger partial charge in [-0.25, -0.2) is 0 Å². The number of nitrogens with one attached hydrogen (secondary N) is 1. The van der Waals surface area contributed by atoms with Crippen LogP contribution in [-0.4, -0.2) is 51.4 Å².